The number of benzene rings is 2. The number of rotatable bonds is 8. The Morgan fingerprint density at radius 1 is 0.971 bits per heavy atom. The third-order valence-electron chi connectivity index (χ3n) is 6.40. The van der Waals surface area contributed by atoms with Gasteiger partial charge >= 0.3 is 0 Å². The molecule has 188 valence electrons. The zero-order valence-electron chi connectivity index (χ0n) is 20.5. The van der Waals surface area contributed by atoms with E-state index in [1.54, 1.807) is 33.5 Å². The highest BCUT2D eigenvalue weighted by Gasteiger charge is 2.34. The Kier molecular flexibility index (Phi) is 7.84. The molecule has 0 radical (unpaired) electrons. The summed E-state index contributed by atoms with van der Waals surface area (Å²) in [5, 5.41) is 2.95. The third-order valence-corrected chi connectivity index (χ3v) is 6.40. The van der Waals surface area contributed by atoms with Crippen molar-refractivity contribution in [3.05, 3.63) is 42.0 Å². The molecule has 0 spiro atoms. The maximum Gasteiger partial charge on any atom is 0.265 e. The number of hydrogen-bond acceptors (Lipinski definition) is 7. The fraction of sp³-hybridized carbons (Fsp3) is 0.462. The minimum Gasteiger partial charge on any atom is -0.496 e. The average molecular weight is 484 g/mol. The standard InChI is InChI=1S/C26H33N3O6/c1-32-21-14-23(34-3)22(33-2)13-18(21)15-27-25(30)17-29-16-24(26(31)28-11-7-4-8-12-28)35-20-10-6-5-9-19(20)29/h5-6,9-10,13-14,24H,4,7-8,11-12,15-17H2,1-3H3,(H,27,30). The van der Waals surface area contributed by atoms with E-state index in [1.165, 1.54) is 0 Å². The van der Waals surface area contributed by atoms with E-state index >= 15 is 0 Å². The number of hydrogen-bond donors (Lipinski definition) is 1. The van der Waals surface area contributed by atoms with Crippen LogP contribution < -0.4 is 29.2 Å². The normalized spacial score (nSPS) is 17.2. The van der Waals surface area contributed by atoms with E-state index < -0.39 is 6.10 Å². The molecule has 2 aromatic rings. The van der Waals surface area contributed by atoms with Gasteiger partial charge in [-0.2, -0.15) is 0 Å². The summed E-state index contributed by atoms with van der Waals surface area (Å²) in [6.07, 6.45) is 2.54. The smallest absolute Gasteiger partial charge is 0.265 e. The number of carbonyl (C=O) groups is 2. The van der Waals surface area contributed by atoms with Crippen LogP contribution in [0.5, 0.6) is 23.0 Å². The summed E-state index contributed by atoms with van der Waals surface area (Å²) in [5.41, 5.74) is 1.56. The molecule has 35 heavy (non-hydrogen) atoms. The van der Waals surface area contributed by atoms with E-state index in [1.807, 2.05) is 34.1 Å². The molecule has 2 heterocycles. The van der Waals surface area contributed by atoms with E-state index in [0.29, 0.717) is 29.5 Å². The number of piperidine rings is 1. The summed E-state index contributed by atoms with van der Waals surface area (Å²) < 4.78 is 22.2. The first kappa shape index (κ1) is 24.5. The second-order valence-electron chi connectivity index (χ2n) is 8.64. The zero-order chi connectivity index (χ0) is 24.8. The summed E-state index contributed by atoms with van der Waals surface area (Å²) in [6.45, 7) is 2.19. The van der Waals surface area contributed by atoms with Gasteiger partial charge in [-0.3, -0.25) is 9.59 Å². The number of likely N-dealkylation sites (tertiary alicyclic amines) is 1. The van der Waals surface area contributed by atoms with Crippen LogP contribution in [0.1, 0.15) is 24.8 Å². The Morgan fingerprint density at radius 3 is 2.37 bits per heavy atom. The summed E-state index contributed by atoms with van der Waals surface area (Å²) >= 11 is 0. The first-order valence-corrected chi connectivity index (χ1v) is 11.9. The highest BCUT2D eigenvalue weighted by atomic mass is 16.5. The van der Waals surface area contributed by atoms with E-state index in [2.05, 4.69) is 5.32 Å². The first-order chi connectivity index (χ1) is 17.0. The highest BCUT2D eigenvalue weighted by molar-refractivity contribution is 5.86. The SMILES string of the molecule is COc1cc(OC)c(OC)cc1CNC(=O)CN1CC(C(=O)N2CCCCC2)Oc2ccccc21. The minimum atomic E-state index is -0.637. The van der Waals surface area contributed by atoms with Crippen LogP contribution >= 0.6 is 0 Å². The van der Waals surface area contributed by atoms with Crippen LogP contribution in [-0.4, -0.2) is 70.3 Å². The summed E-state index contributed by atoms with van der Waals surface area (Å²) in [6, 6.07) is 11.0. The number of nitrogens with zero attached hydrogens (tertiary/aromatic N) is 2. The monoisotopic (exact) mass is 483 g/mol. The summed E-state index contributed by atoms with van der Waals surface area (Å²) in [7, 11) is 4.68. The van der Waals surface area contributed by atoms with Crippen molar-refractivity contribution in [3.8, 4) is 23.0 Å². The van der Waals surface area contributed by atoms with E-state index in [9.17, 15) is 9.59 Å². The number of anilines is 1. The van der Waals surface area contributed by atoms with Crippen molar-refractivity contribution in [1.82, 2.24) is 10.2 Å². The topological polar surface area (TPSA) is 89.6 Å². The number of para-hydroxylation sites is 2. The second kappa shape index (κ2) is 11.2. The lowest BCUT2D eigenvalue weighted by atomic mass is 10.1. The molecule has 0 aliphatic carbocycles. The van der Waals surface area contributed by atoms with Crippen LogP contribution in [0.2, 0.25) is 0 Å². The van der Waals surface area contributed by atoms with Crippen LogP contribution in [0.4, 0.5) is 5.69 Å². The Hall–Kier alpha value is -3.62. The zero-order valence-corrected chi connectivity index (χ0v) is 20.5. The molecule has 1 saturated heterocycles. The van der Waals surface area contributed by atoms with Crippen molar-refractivity contribution in [2.45, 2.75) is 31.9 Å². The molecule has 1 unspecified atom stereocenters. The molecule has 2 aliphatic heterocycles. The van der Waals surface area contributed by atoms with Gasteiger partial charge in [-0.25, -0.2) is 0 Å². The average Bonchev–Trinajstić information content (AvgIpc) is 2.91. The van der Waals surface area contributed by atoms with E-state index in [0.717, 1.165) is 43.6 Å². The number of fused-ring (bicyclic) bond motifs is 1. The van der Waals surface area contributed by atoms with Gasteiger partial charge in [-0.05, 0) is 37.5 Å². The van der Waals surface area contributed by atoms with Crippen LogP contribution in [0, 0.1) is 0 Å². The van der Waals surface area contributed by atoms with Crippen molar-refractivity contribution < 1.29 is 28.5 Å². The maximum atomic E-state index is 13.1. The van der Waals surface area contributed by atoms with Crippen molar-refractivity contribution >= 4 is 17.5 Å². The Morgan fingerprint density at radius 2 is 1.66 bits per heavy atom. The first-order valence-electron chi connectivity index (χ1n) is 11.9. The predicted octanol–water partition coefficient (Wildman–Crippen LogP) is 2.61. The van der Waals surface area contributed by atoms with Gasteiger partial charge in [0.15, 0.2) is 17.6 Å². The molecule has 2 amide bonds. The minimum absolute atomic E-state index is 0.0142. The summed E-state index contributed by atoms with van der Waals surface area (Å²) in [5.74, 6) is 2.12. The van der Waals surface area contributed by atoms with Crippen molar-refractivity contribution in [2.24, 2.45) is 0 Å². The van der Waals surface area contributed by atoms with Crippen LogP contribution in [0.15, 0.2) is 36.4 Å². The lowest BCUT2D eigenvalue weighted by Crippen LogP contribution is -2.53. The second-order valence-corrected chi connectivity index (χ2v) is 8.64. The molecule has 1 N–H and O–H groups in total. The Labute approximate surface area is 205 Å². The lowest BCUT2D eigenvalue weighted by Gasteiger charge is -2.38. The molecule has 0 aromatic heterocycles. The molecule has 2 aliphatic rings. The predicted molar refractivity (Wildman–Crippen MR) is 131 cm³/mol. The molecule has 9 nitrogen and oxygen atoms in total. The van der Waals surface area contributed by atoms with Gasteiger partial charge in [-0.1, -0.05) is 12.1 Å². The van der Waals surface area contributed by atoms with Crippen LogP contribution in [-0.2, 0) is 16.1 Å². The molecule has 9 heteroatoms. The quantitative estimate of drug-likeness (QED) is 0.617. The van der Waals surface area contributed by atoms with Crippen LogP contribution in [0.3, 0.4) is 0 Å². The summed E-state index contributed by atoms with van der Waals surface area (Å²) in [4.78, 5) is 29.9. The molecular formula is C26H33N3O6. The van der Waals surface area contributed by atoms with E-state index in [4.69, 9.17) is 18.9 Å². The largest absolute Gasteiger partial charge is 0.496 e. The number of amides is 2. The van der Waals surface area contributed by atoms with Crippen molar-refractivity contribution in [2.75, 3.05) is 52.4 Å². The maximum absolute atomic E-state index is 13.1. The van der Waals surface area contributed by atoms with Crippen LogP contribution in [0.25, 0.3) is 0 Å². The molecule has 0 saturated carbocycles. The fourth-order valence-electron chi connectivity index (χ4n) is 4.56. The van der Waals surface area contributed by atoms with Crippen molar-refractivity contribution in [3.63, 3.8) is 0 Å². The Bertz CT molecular complexity index is 1050. The Balaban J connectivity index is 1.45. The van der Waals surface area contributed by atoms with Gasteiger partial charge in [0.05, 0.1) is 40.1 Å². The number of methoxy groups -OCH3 is 3. The third kappa shape index (κ3) is 5.55. The fourth-order valence-corrected chi connectivity index (χ4v) is 4.56. The van der Waals surface area contributed by atoms with E-state index in [-0.39, 0.29) is 24.9 Å². The molecule has 2 aromatic carbocycles. The highest BCUT2D eigenvalue weighted by Crippen LogP contribution is 2.35. The van der Waals surface area contributed by atoms with Gasteiger partial charge in [0, 0.05) is 31.3 Å². The van der Waals surface area contributed by atoms with Gasteiger partial charge in [0.2, 0.25) is 5.91 Å². The van der Waals surface area contributed by atoms with Gasteiger partial charge < -0.3 is 34.1 Å². The molecule has 0 bridgehead atoms. The number of ether oxygens (including phenoxy) is 4. The van der Waals surface area contributed by atoms with Gasteiger partial charge in [0.1, 0.15) is 11.5 Å². The van der Waals surface area contributed by atoms with Crippen molar-refractivity contribution in [1.29, 1.82) is 0 Å². The van der Waals surface area contributed by atoms with Gasteiger partial charge in [0.25, 0.3) is 5.91 Å². The lowest BCUT2D eigenvalue weighted by molar-refractivity contribution is -0.139. The molecule has 1 fully saturated rings. The van der Waals surface area contributed by atoms with Gasteiger partial charge in [-0.15, -0.1) is 0 Å². The molecule has 1 atom stereocenters. The molecule has 4 rings (SSSR count). The number of carbonyl (C=O) groups excluding carboxylic acids is 2. The number of nitrogens with one attached hydrogen (secondary N) is 1. The molecular weight excluding hydrogens is 450 g/mol.